The molecule has 2 rings (SSSR count). The van der Waals surface area contributed by atoms with Gasteiger partial charge in [0.1, 0.15) is 24.2 Å². The summed E-state index contributed by atoms with van der Waals surface area (Å²) in [5.41, 5.74) is 2.05. The Morgan fingerprint density at radius 2 is 1.81 bits per heavy atom. The van der Waals surface area contributed by atoms with E-state index in [2.05, 4.69) is 18.9 Å². The summed E-state index contributed by atoms with van der Waals surface area (Å²) in [6.45, 7) is 5.83. The Hall–Kier alpha value is -1.36. The highest BCUT2D eigenvalue weighted by Crippen LogP contribution is 2.46. The molecule has 0 aromatic heterocycles. The van der Waals surface area contributed by atoms with E-state index in [1.54, 1.807) is 6.92 Å². The SMILES string of the molecule is CCCc1cccc(CCC)c1OP(=O)(COC)N[C@@H](C)C(=O)OC1CC1. The Bertz CT molecular complexity index is 650. The maximum atomic E-state index is 13.4. The van der Waals surface area contributed by atoms with Crippen LogP contribution in [0.15, 0.2) is 18.2 Å². The van der Waals surface area contributed by atoms with Crippen LogP contribution in [0.2, 0.25) is 0 Å². The molecule has 2 atom stereocenters. The quantitative estimate of drug-likeness (QED) is 0.415. The third-order valence-corrected chi connectivity index (χ3v) is 6.16. The van der Waals surface area contributed by atoms with Crippen LogP contribution in [0.25, 0.3) is 0 Å². The monoisotopic (exact) mass is 397 g/mol. The Morgan fingerprint density at radius 1 is 1.22 bits per heavy atom. The molecule has 152 valence electrons. The van der Waals surface area contributed by atoms with Crippen molar-refractivity contribution in [3.05, 3.63) is 29.3 Å². The first-order valence-electron chi connectivity index (χ1n) is 9.79. The number of benzene rings is 1. The van der Waals surface area contributed by atoms with E-state index in [1.807, 2.05) is 18.2 Å². The van der Waals surface area contributed by atoms with Gasteiger partial charge in [0.2, 0.25) is 0 Å². The summed E-state index contributed by atoms with van der Waals surface area (Å²) in [5, 5.41) is 2.85. The largest absolute Gasteiger partial charge is 0.461 e. The van der Waals surface area contributed by atoms with E-state index in [0.29, 0.717) is 5.75 Å². The number of carbonyl (C=O) groups excluding carboxylic acids is 1. The summed E-state index contributed by atoms with van der Waals surface area (Å²) in [7, 11) is -1.98. The van der Waals surface area contributed by atoms with Crippen molar-refractivity contribution < 1.29 is 23.4 Å². The van der Waals surface area contributed by atoms with Gasteiger partial charge in [0, 0.05) is 7.11 Å². The van der Waals surface area contributed by atoms with Crippen LogP contribution < -0.4 is 9.61 Å². The van der Waals surface area contributed by atoms with Gasteiger partial charge in [-0.3, -0.25) is 9.36 Å². The second-order valence-corrected chi connectivity index (χ2v) is 9.12. The normalized spacial score (nSPS) is 17.2. The number of esters is 1. The number of rotatable bonds is 12. The van der Waals surface area contributed by atoms with Gasteiger partial charge in [-0.15, -0.1) is 0 Å². The van der Waals surface area contributed by atoms with Gasteiger partial charge in [-0.1, -0.05) is 44.9 Å². The van der Waals surface area contributed by atoms with E-state index in [9.17, 15) is 9.36 Å². The lowest BCUT2D eigenvalue weighted by atomic mass is 10.0. The maximum absolute atomic E-state index is 13.4. The van der Waals surface area contributed by atoms with Gasteiger partial charge < -0.3 is 14.0 Å². The van der Waals surface area contributed by atoms with Crippen LogP contribution in [0.4, 0.5) is 0 Å². The zero-order valence-electron chi connectivity index (χ0n) is 16.8. The van der Waals surface area contributed by atoms with E-state index >= 15 is 0 Å². The van der Waals surface area contributed by atoms with Crippen molar-refractivity contribution in [2.45, 2.75) is 71.4 Å². The highest BCUT2D eigenvalue weighted by Gasteiger charge is 2.34. The highest BCUT2D eigenvalue weighted by atomic mass is 31.2. The van der Waals surface area contributed by atoms with Crippen LogP contribution in [0, 0.1) is 0 Å². The van der Waals surface area contributed by atoms with E-state index in [1.165, 1.54) is 7.11 Å². The molecule has 7 heteroatoms. The average molecular weight is 397 g/mol. The molecule has 6 nitrogen and oxygen atoms in total. The zero-order valence-corrected chi connectivity index (χ0v) is 17.7. The van der Waals surface area contributed by atoms with Crippen molar-refractivity contribution in [3.63, 3.8) is 0 Å². The van der Waals surface area contributed by atoms with E-state index in [-0.39, 0.29) is 12.5 Å². The van der Waals surface area contributed by atoms with Gasteiger partial charge in [0.15, 0.2) is 0 Å². The minimum atomic E-state index is -3.45. The smallest absolute Gasteiger partial charge is 0.342 e. The molecule has 0 aliphatic heterocycles. The molecule has 1 aromatic rings. The topological polar surface area (TPSA) is 73.9 Å². The van der Waals surface area contributed by atoms with Crippen molar-refractivity contribution in [2.75, 3.05) is 13.5 Å². The number of methoxy groups -OCH3 is 1. The molecule has 1 unspecified atom stereocenters. The van der Waals surface area contributed by atoms with Crippen LogP contribution in [0.1, 0.15) is 57.6 Å². The van der Waals surface area contributed by atoms with Gasteiger partial charge >= 0.3 is 13.5 Å². The minimum absolute atomic E-state index is 0.00548. The minimum Gasteiger partial charge on any atom is -0.461 e. The maximum Gasteiger partial charge on any atom is 0.342 e. The van der Waals surface area contributed by atoms with Gasteiger partial charge in [0.25, 0.3) is 0 Å². The fraction of sp³-hybridized carbons (Fsp3) is 0.650. The molecule has 1 aliphatic carbocycles. The van der Waals surface area contributed by atoms with E-state index in [0.717, 1.165) is 49.7 Å². The predicted octanol–water partition coefficient (Wildman–Crippen LogP) is 4.45. The Morgan fingerprint density at radius 3 is 2.30 bits per heavy atom. The summed E-state index contributed by atoms with van der Waals surface area (Å²) in [6, 6.07) is 5.27. The average Bonchev–Trinajstić information content (AvgIpc) is 3.42. The first-order valence-corrected chi connectivity index (χ1v) is 11.6. The number of hydrogen-bond acceptors (Lipinski definition) is 5. The van der Waals surface area contributed by atoms with Crippen LogP contribution in [0.5, 0.6) is 5.75 Å². The molecule has 0 saturated heterocycles. The summed E-state index contributed by atoms with van der Waals surface area (Å²) in [6.07, 6.45) is 5.25. The second-order valence-electron chi connectivity index (χ2n) is 7.07. The molecule has 27 heavy (non-hydrogen) atoms. The molecule has 1 aromatic carbocycles. The second kappa shape index (κ2) is 10.3. The predicted molar refractivity (Wildman–Crippen MR) is 106 cm³/mol. The van der Waals surface area contributed by atoms with E-state index in [4.69, 9.17) is 14.0 Å². The summed E-state index contributed by atoms with van der Waals surface area (Å²) in [4.78, 5) is 12.2. The van der Waals surface area contributed by atoms with Gasteiger partial charge in [-0.25, -0.2) is 5.09 Å². The van der Waals surface area contributed by atoms with Crippen molar-refractivity contribution >= 4 is 13.5 Å². The fourth-order valence-corrected chi connectivity index (χ4v) is 4.64. The Balaban J connectivity index is 2.22. The highest BCUT2D eigenvalue weighted by molar-refractivity contribution is 7.57. The number of carbonyl (C=O) groups is 1. The standard InChI is InChI=1S/C20H32NO5P/c1-5-8-16-10-7-11-17(9-6-2)19(16)26-27(23,14-24-4)21-15(3)20(22)25-18-12-13-18/h7,10-11,15,18H,5-6,8-9,12-14H2,1-4H3,(H,21,23)/t15-,27?/m0/s1. The molecule has 1 fully saturated rings. The Labute approximate surface area is 162 Å². The summed E-state index contributed by atoms with van der Waals surface area (Å²) >= 11 is 0. The molecule has 0 heterocycles. The number of aryl methyl sites for hydroxylation is 2. The molecule has 0 amide bonds. The number of nitrogens with one attached hydrogen (secondary N) is 1. The van der Waals surface area contributed by atoms with Crippen LogP contribution in [0.3, 0.4) is 0 Å². The molecule has 1 N–H and O–H groups in total. The van der Waals surface area contributed by atoms with E-state index < -0.39 is 19.5 Å². The zero-order chi connectivity index (χ0) is 19.9. The van der Waals surface area contributed by atoms with Crippen LogP contribution in [-0.4, -0.2) is 31.6 Å². The summed E-state index contributed by atoms with van der Waals surface area (Å²) in [5.74, 6) is 0.241. The van der Waals surface area contributed by atoms with Gasteiger partial charge in [-0.05, 0) is 43.7 Å². The molecule has 0 radical (unpaired) electrons. The lowest BCUT2D eigenvalue weighted by Crippen LogP contribution is -2.36. The van der Waals surface area contributed by atoms with Crippen molar-refractivity contribution in [1.29, 1.82) is 0 Å². The third-order valence-electron chi connectivity index (χ3n) is 4.31. The van der Waals surface area contributed by atoms with Gasteiger partial charge in [-0.2, -0.15) is 0 Å². The fourth-order valence-electron chi connectivity index (χ4n) is 2.90. The number of para-hydroxylation sites is 1. The molecule has 0 spiro atoms. The lowest BCUT2D eigenvalue weighted by molar-refractivity contribution is -0.146. The molecular formula is C20H32NO5P. The summed E-state index contributed by atoms with van der Waals surface area (Å²) < 4.78 is 30.0. The van der Waals surface area contributed by atoms with Crippen molar-refractivity contribution in [3.8, 4) is 5.75 Å². The Kier molecular flexibility index (Phi) is 8.33. The molecule has 1 saturated carbocycles. The number of hydrogen-bond donors (Lipinski definition) is 1. The van der Waals surface area contributed by atoms with Crippen LogP contribution >= 0.6 is 7.52 Å². The first kappa shape index (κ1) is 21.9. The van der Waals surface area contributed by atoms with Crippen molar-refractivity contribution in [1.82, 2.24) is 5.09 Å². The molecule has 0 bridgehead atoms. The van der Waals surface area contributed by atoms with Crippen molar-refractivity contribution in [2.24, 2.45) is 0 Å². The lowest BCUT2D eigenvalue weighted by Gasteiger charge is -2.25. The number of ether oxygens (including phenoxy) is 2. The van der Waals surface area contributed by atoms with Crippen LogP contribution in [-0.2, 0) is 31.7 Å². The molecular weight excluding hydrogens is 365 g/mol. The first-order chi connectivity index (χ1) is 12.9. The molecule has 1 aliphatic rings. The van der Waals surface area contributed by atoms with Gasteiger partial charge in [0.05, 0.1) is 0 Å². The third kappa shape index (κ3) is 6.63.